The minimum Gasteiger partial charge on any atom is -0.478 e. The zero-order valence-corrected chi connectivity index (χ0v) is 14.8. The maximum absolute atomic E-state index is 11.8. The van der Waals surface area contributed by atoms with Crippen LogP contribution in [0.1, 0.15) is 41.4 Å². The largest absolute Gasteiger partial charge is 0.478 e. The third-order valence-electron chi connectivity index (χ3n) is 3.28. The molecule has 0 unspecified atom stereocenters. The number of primary amides is 2. The molecular weight excluding hydrogens is 452 g/mol. The van der Waals surface area contributed by atoms with E-state index in [-0.39, 0.29) is 15.2 Å². The fourth-order valence-corrected chi connectivity index (χ4v) is 3.32. The summed E-state index contributed by atoms with van der Waals surface area (Å²) in [5.74, 6) is -5.71. The van der Waals surface area contributed by atoms with Gasteiger partial charge in [0.1, 0.15) is 0 Å². The maximum Gasteiger partial charge on any atom is 0.337 e. The molecule has 0 atom stereocenters. The Balaban J connectivity index is 3.36. The van der Waals surface area contributed by atoms with Crippen LogP contribution >= 0.6 is 31.9 Å². The van der Waals surface area contributed by atoms with Crippen molar-refractivity contribution in [3.8, 4) is 0 Å². The van der Waals surface area contributed by atoms with Gasteiger partial charge >= 0.3 is 11.9 Å². The van der Waals surface area contributed by atoms with Crippen molar-refractivity contribution < 1.29 is 29.4 Å². The van der Waals surface area contributed by atoms with Crippen LogP contribution in [0.15, 0.2) is 21.1 Å². The van der Waals surface area contributed by atoms with Gasteiger partial charge in [-0.1, -0.05) is 6.07 Å². The van der Waals surface area contributed by atoms with Crippen molar-refractivity contribution >= 4 is 66.4 Å². The van der Waals surface area contributed by atoms with Crippen LogP contribution in [0.2, 0.25) is 0 Å². The quantitative estimate of drug-likeness (QED) is 0.546. The topological polar surface area (TPSA) is 161 Å². The van der Waals surface area contributed by atoms with E-state index in [1.54, 1.807) is 0 Å². The van der Waals surface area contributed by atoms with Gasteiger partial charge in [-0.3, -0.25) is 9.59 Å². The van der Waals surface area contributed by atoms with Crippen molar-refractivity contribution in [1.82, 2.24) is 0 Å². The first-order valence-corrected chi connectivity index (χ1v) is 7.72. The summed E-state index contributed by atoms with van der Waals surface area (Å²) >= 11 is 6.33. The number of amides is 2. The molecule has 24 heavy (non-hydrogen) atoms. The number of nitrogens with two attached hydrogens (primary N) is 2. The second-order valence-electron chi connectivity index (χ2n) is 4.62. The first kappa shape index (κ1) is 17.9. The molecular formula is C14H8Br2N2O6. The maximum atomic E-state index is 11.8. The molecule has 0 saturated carbocycles. The van der Waals surface area contributed by atoms with Crippen molar-refractivity contribution in [2.45, 2.75) is 0 Å². The summed E-state index contributed by atoms with van der Waals surface area (Å²) in [7, 11) is 0. The summed E-state index contributed by atoms with van der Waals surface area (Å²) in [6.45, 7) is 0. The number of benzene rings is 2. The average molecular weight is 460 g/mol. The molecule has 0 aromatic heterocycles. The van der Waals surface area contributed by atoms with E-state index >= 15 is 0 Å². The van der Waals surface area contributed by atoms with Crippen LogP contribution in [0, 0.1) is 0 Å². The molecule has 0 spiro atoms. The minimum absolute atomic E-state index is 0.00576. The molecule has 0 radical (unpaired) electrons. The lowest BCUT2D eigenvalue weighted by molar-refractivity contribution is 0.0651. The summed E-state index contributed by atoms with van der Waals surface area (Å²) < 4.78 is 0.606. The molecule has 6 N–H and O–H groups in total. The van der Waals surface area contributed by atoms with Crippen molar-refractivity contribution in [3.63, 3.8) is 0 Å². The van der Waals surface area contributed by atoms with Gasteiger partial charge in [-0.15, -0.1) is 0 Å². The van der Waals surface area contributed by atoms with Crippen LogP contribution in [-0.2, 0) is 0 Å². The highest BCUT2D eigenvalue weighted by Gasteiger charge is 2.32. The lowest BCUT2D eigenvalue weighted by Gasteiger charge is -2.16. The van der Waals surface area contributed by atoms with Crippen LogP contribution in [0.5, 0.6) is 0 Å². The third kappa shape index (κ3) is 2.63. The zero-order valence-electron chi connectivity index (χ0n) is 11.6. The highest BCUT2D eigenvalue weighted by Crippen LogP contribution is 2.39. The van der Waals surface area contributed by atoms with Crippen LogP contribution in [-0.4, -0.2) is 34.0 Å². The van der Waals surface area contributed by atoms with Crippen molar-refractivity contribution in [1.29, 1.82) is 0 Å². The van der Waals surface area contributed by atoms with E-state index in [0.29, 0.717) is 4.47 Å². The molecule has 0 aliphatic heterocycles. The number of fused-ring (bicyclic) bond motifs is 1. The summed E-state index contributed by atoms with van der Waals surface area (Å²) in [6.07, 6.45) is 0. The van der Waals surface area contributed by atoms with Gasteiger partial charge in [-0.2, -0.15) is 0 Å². The summed E-state index contributed by atoms with van der Waals surface area (Å²) in [5.41, 5.74) is 7.72. The van der Waals surface area contributed by atoms with Crippen molar-refractivity contribution in [3.05, 3.63) is 43.3 Å². The third-order valence-corrected chi connectivity index (χ3v) is 5.30. The lowest BCUT2D eigenvalue weighted by atomic mass is 9.88. The average Bonchev–Trinajstić information content (AvgIpc) is 2.47. The number of carboxylic acids is 2. The second kappa shape index (κ2) is 6.21. The number of carbonyl (C=O) groups is 4. The lowest BCUT2D eigenvalue weighted by Crippen LogP contribution is -2.27. The number of hydrogen-bond acceptors (Lipinski definition) is 4. The standard InChI is InChI=1S/C14H8Br2N2O6/c15-4-2-1-3-5(10(4)16)8(13(21)22)9(14(23)24)7(12(18)20)6(3)11(17)19/h1-2H,(H2,17,19)(H2,18,20)(H,21,22)(H,23,24). The smallest absolute Gasteiger partial charge is 0.337 e. The van der Waals surface area contributed by atoms with Gasteiger partial charge in [0.25, 0.3) is 0 Å². The van der Waals surface area contributed by atoms with Gasteiger partial charge < -0.3 is 21.7 Å². The number of aromatic carboxylic acids is 2. The van der Waals surface area contributed by atoms with Gasteiger partial charge in [0.2, 0.25) is 11.8 Å². The van der Waals surface area contributed by atoms with E-state index in [9.17, 15) is 29.4 Å². The number of halogens is 2. The molecule has 124 valence electrons. The van der Waals surface area contributed by atoms with Gasteiger partial charge in [-0.05, 0) is 43.3 Å². The Morgan fingerprint density at radius 1 is 0.792 bits per heavy atom. The molecule has 0 bridgehead atoms. The van der Waals surface area contributed by atoms with Crippen molar-refractivity contribution in [2.24, 2.45) is 11.5 Å². The molecule has 2 amide bonds. The molecule has 0 saturated heterocycles. The van der Waals surface area contributed by atoms with Crippen LogP contribution in [0.4, 0.5) is 0 Å². The van der Waals surface area contributed by atoms with E-state index < -0.39 is 46.0 Å². The van der Waals surface area contributed by atoms with E-state index in [2.05, 4.69) is 31.9 Å². The van der Waals surface area contributed by atoms with Crippen molar-refractivity contribution in [2.75, 3.05) is 0 Å². The van der Waals surface area contributed by atoms with Gasteiger partial charge in [0.15, 0.2) is 0 Å². The van der Waals surface area contributed by atoms with Gasteiger partial charge in [0, 0.05) is 14.3 Å². The Labute approximate surface area is 150 Å². The Kier molecular flexibility index (Phi) is 4.63. The SMILES string of the molecule is NC(=O)c1c(C(=O)O)c(C(=O)O)c2c(Br)c(Br)ccc2c1C(N)=O. The van der Waals surface area contributed by atoms with Gasteiger partial charge in [0.05, 0.1) is 22.3 Å². The Morgan fingerprint density at radius 3 is 1.71 bits per heavy atom. The molecule has 2 aromatic carbocycles. The molecule has 8 nitrogen and oxygen atoms in total. The minimum atomic E-state index is -1.72. The zero-order chi connectivity index (χ0) is 18.3. The first-order valence-electron chi connectivity index (χ1n) is 6.13. The molecule has 0 heterocycles. The van der Waals surface area contributed by atoms with E-state index in [4.69, 9.17) is 11.5 Å². The van der Waals surface area contributed by atoms with Crippen LogP contribution in [0.3, 0.4) is 0 Å². The Hall–Kier alpha value is -2.46. The highest BCUT2D eigenvalue weighted by molar-refractivity contribution is 9.13. The summed E-state index contributed by atoms with van der Waals surface area (Å²) in [6, 6.07) is 2.82. The Bertz CT molecular complexity index is 954. The number of carboxylic acid groups (broad SMARTS) is 2. The molecule has 2 aromatic rings. The number of hydrogen-bond donors (Lipinski definition) is 4. The van der Waals surface area contributed by atoms with E-state index in [1.165, 1.54) is 12.1 Å². The van der Waals surface area contributed by atoms with Crippen LogP contribution in [0.25, 0.3) is 10.8 Å². The van der Waals surface area contributed by atoms with E-state index in [0.717, 1.165) is 0 Å². The summed E-state index contributed by atoms with van der Waals surface area (Å²) in [4.78, 5) is 46.9. The Morgan fingerprint density at radius 2 is 1.29 bits per heavy atom. The second-order valence-corrected chi connectivity index (χ2v) is 6.27. The normalized spacial score (nSPS) is 10.6. The van der Waals surface area contributed by atoms with E-state index in [1.807, 2.05) is 0 Å². The number of rotatable bonds is 4. The first-order chi connectivity index (χ1) is 11.1. The molecule has 10 heteroatoms. The highest BCUT2D eigenvalue weighted by atomic mass is 79.9. The predicted octanol–water partition coefficient (Wildman–Crippen LogP) is 1.96. The van der Waals surface area contributed by atoms with Crippen LogP contribution < -0.4 is 11.5 Å². The predicted molar refractivity (Wildman–Crippen MR) is 90.3 cm³/mol. The fourth-order valence-electron chi connectivity index (χ4n) is 2.44. The fraction of sp³-hybridized carbons (Fsp3) is 0. The molecule has 0 aliphatic rings. The summed E-state index contributed by atoms with van der Waals surface area (Å²) in [5, 5.41) is 18.8. The van der Waals surface area contributed by atoms with Gasteiger partial charge in [-0.25, -0.2) is 9.59 Å². The molecule has 0 fully saturated rings. The molecule has 0 aliphatic carbocycles. The molecule has 2 rings (SSSR count). The monoisotopic (exact) mass is 458 g/mol. The number of carbonyl (C=O) groups excluding carboxylic acids is 2.